The standard InChI is InChI=1S/C27H23NO7/c1-15-7-9-16(10-8-15)24(29)22-23(17-11-12-20(34-2)21(14-17)35-3)28(26(31)25(22)30)19-6-4-5-18(13-19)27(32)33/h4-14,23,29H,1-3H3,(H,32,33)/b24-22-. The maximum absolute atomic E-state index is 13.3. The van der Waals surface area contributed by atoms with Crippen molar-refractivity contribution in [3.8, 4) is 11.5 Å². The predicted octanol–water partition coefficient (Wildman–Crippen LogP) is 4.34. The highest BCUT2D eigenvalue weighted by molar-refractivity contribution is 6.51. The van der Waals surface area contributed by atoms with Crippen LogP contribution in [0.3, 0.4) is 0 Å². The zero-order valence-electron chi connectivity index (χ0n) is 19.3. The number of carboxylic acid groups (broad SMARTS) is 1. The van der Waals surface area contributed by atoms with Crippen LogP contribution in [0.4, 0.5) is 5.69 Å². The van der Waals surface area contributed by atoms with E-state index in [2.05, 4.69) is 0 Å². The number of hydrogen-bond donors (Lipinski definition) is 2. The number of methoxy groups -OCH3 is 2. The van der Waals surface area contributed by atoms with Crippen LogP contribution in [0.1, 0.15) is 33.1 Å². The first-order chi connectivity index (χ1) is 16.8. The third kappa shape index (κ3) is 4.21. The van der Waals surface area contributed by atoms with E-state index in [1.54, 1.807) is 42.5 Å². The molecule has 0 aromatic heterocycles. The fourth-order valence-electron chi connectivity index (χ4n) is 4.09. The highest BCUT2D eigenvalue weighted by Crippen LogP contribution is 2.44. The second kappa shape index (κ2) is 9.34. The van der Waals surface area contributed by atoms with Gasteiger partial charge < -0.3 is 19.7 Å². The Labute approximate surface area is 201 Å². The third-order valence-electron chi connectivity index (χ3n) is 5.86. The monoisotopic (exact) mass is 473 g/mol. The number of aryl methyl sites for hydroxylation is 1. The van der Waals surface area contributed by atoms with Gasteiger partial charge in [-0.3, -0.25) is 14.5 Å². The molecule has 0 bridgehead atoms. The van der Waals surface area contributed by atoms with Crippen LogP contribution in [-0.2, 0) is 9.59 Å². The molecule has 178 valence electrons. The van der Waals surface area contributed by atoms with E-state index in [-0.39, 0.29) is 22.6 Å². The molecule has 8 heteroatoms. The maximum atomic E-state index is 13.3. The molecule has 1 unspecified atom stereocenters. The van der Waals surface area contributed by atoms with E-state index < -0.39 is 23.7 Å². The summed E-state index contributed by atoms with van der Waals surface area (Å²) in [4.78, 5) is 39.3. The molecular formula is C27H23NO7. The van der Waals surface area contributed by atoms with Gasteiger partial charge in [-0.2, -0.15) is 0 Å². The van der Waals surface area contributed by atoms with E-state index in [1.165, 1.54) is 43.4 Å². The molecule has 2 N–H and O–H groups in total. The minimum Gasteiger partial charge on any atom is -0.507 e. The second-order valence-electron chi connectivity index (χ2n) is 8.01. The van der Waals surface area contributed by atoms with Crippen molar-refractivity contribution in [2.24, 2.45) is 0 Å². The first-order valence-corrected chi connectivity index (χ1v) is 10.7. The number of ketones is 1. The van der Waals surface area contributed by atoms with Crippen molar-refractivity contribution >= 4 is 29.1 Å². The number of nitrogens with zero attached hydrogens (tertiary/aromatic N) is 1. The minimum absolute atomic E-state index is 0.0472. The van der Waals surface area contributed by atoms with Gasteiger partial charge in [-0.25, -0.2) is 4.79 Å². The van der Waals surface area contributed by atoms with Gasteiger partial charge in [0.25, 0.3) is 11.7 Å². The predicted molar refractivity (Wildman–Crippen MR) is 129 cm³/mol. The quantitative estimate of drug-likeness (QED) is 0.311. The molecule has 1 heterocycles. The molecule has 1 atom stereocenters. The van der Waals surface area contributed by atoms with Gasteiger partial charge >= 0.3 is 5.97 Å². The Bertz CT molecular complexity index is 1360. The van der Waals surface area contributed by atoms with Crippen LogP contribution in [0.5, 0.6) is 11.5 Å². The van der Waals surface area contributed by atoms with E-state index >= 15 is 0 Å². The molecule has 3 aromatic carbocycles. The SMILES string of the molecule is COc1ccc(C2/C(=C(/O)c3ccc(C)cc3)C(=O)C(=O)N2c2cccc(C(=O)O)c2)cc1OC. The maximum Gasteiger partial charge on any atom is 0.335 e. The molecule has 1 amide bonds. The number of carbonyl (C=O) groups excluding carboxylic acids is 2. The summed E-state index contributed by atoms with van der Waals surface area (Å²) >= 11 is 0. The Morgan fingerprint density at radius 3 is 2.17 bits per heavy atom. The van der Waals surface area contributed by atoms with Crippen molar-refractivity contribution in [1.29, 1.82) is 0 Å². The fourth-order valence-corrected chi connectivity index (χ4v) is 4.09. The summed E-state index contributed by atoms with van der Waals surface area (Å²) in [5, 5.41) is 20.6. The summed E-state index contributed by atoms with van der Waals surface area (Å²) < 4.78 is 10.7. The average molecular weight is 473 g/mol. The van der Waals surface area contributed by atoms with Crippen LogP contribution in [0, 0.1) is 6.92 Å². The van der Waals surface area contributed by atoms with Crippen LogP contribution in [0.2, 0.25) is 0 Å². The van der Waals surface area contributed by atoms with Gasteiger partial charge in [0.2, 0.25) is 0 Å². The minimum atomic E-state index is -1.18. The van der Waals surface area contributed by atoms with Gasteiger partial charge in [0.05, 0.1) is 31.4 Å². The number of ether oxygens (including phenoxy) is 2. The molecule has 35 heavy (non-hydrogen) atoms. The number of carbonyl (C=O) groups is 3. The van der Waals surface area contributed by atoms with E-state index in [9.17, 15) is 24.6 Å². The highest BCUT2D eigenvalue weighted by atomic mass is 16.5. The molecule has 0 spiro atoms. The first kappa shape index (κ1) is 23.6. The Morgan fingerprint density at radius 2 is 1.54 bits per heavy atom. The average Bonchev–Trinajstić information content (AvgIpc) is 3.13. The van der Waals surface area contributed by atoms with E-state index in [1.807, 2.05) is 6.92 Å². The molecule has 4 rings (SSSR count). The molecule has 0 aliphatic carbocycles. The van der Waals surface area contributed by atoms with Gasteiger partial charge in [-0.1, -0.05) is 42.0 Å². The van der Waals surface area contributed by atoms with Crippen molar-refractivity contribution in [2.75, 3.05) is 19.1 Å². The van der Waals surface area contributed by atoms with E-state index in [0.717, 1.165) is 5.56 Å². The van der Waals surface area contributed by atoms with Crippen LogP contribution in [0.25, 0.3) is 5.76 Å². The second-order valence-corrected chi connectivity index (χ2v) is 8.01. The number of carboxylic acids is 1. The van der Waals surface area contributed by atoms with Gasteiger partial charge in [-0.15, -0.1) is 0 Å². The summed E-state index contributed by atoms with van der Waals surface area (Å²) in [6, 6.07) is 16.5. The molecule has 0 radical (unpaired) electrons. The number of Topliss-reactive ketones (excluding diaryl/α,β-unsaturated/α-hetero) is 1. The van der Waals surface area contributed by atoms with Crippen molar-refractivity contribution in [1.82, 2.24) is 0 Å². The van der Waals surface area contributed by atoms with Gasteiger partial charge in [0, 0.05) is 11.3 Å². The zero-order valence-corrected chi connectivity index (χ0v) is 19.3. The lowest BCUT2D eigenvalue weighted by atomic mass is 9.94. The largest absolute Gasteiger partial charge is 0.507 e. The molecule has 1 aliphatic rings. The molecule has 1 aliphatic heterocycles. The number of rotatable bonds is 6. The summed E-state index contributed by atoms with van der Waals surface area (Å²) in [5.74, 6) is -2.47. The Hall–Kier alpha value is -4.59. The Morgan fingerprint density at radius 1 is 0.857 bits per heavy atom. The van der Waals surface area contributed by atoms with Crippen LogP contribution in [0.15, 0.2) is 72.3 Å². The van der Waals surface area contributed by atoms with Gasteiger partial charge in [-0.05, 0) is 42.8 Å². The lowest BCUT2D eigenvalue weighted by Crippen LogP contribution is -2.29. The highest BCUT2D eigenvalue weighted by Gasteiger charge is 2.47. The normalized spacial score (nSPS) is 16.9. The van der Waals surface area contributed by atoms with E-state index in [0.29, 0.717) is 22.6 Å². The van der Waals surface area contributed by atoms with E-state index in [4.69, 9.17) is 9.47 Å². The molecular weight excluding hydrogens is 450 g/mol. The molecule has 1 saturated heterocycles. The Balaban J connectivity index is 1.98. The topological polar surface area (TPSA) is 113 Å². The van der Waals surface area contributed by atoms with Crippen LogP contribution < -0.4 is 14.4 Å². The number of hydrogen-bond acceptors (Lipinski definition) is 6. The molecule has 8 nitrogen and oxygen atoms in total. The summed E-state index contributed by atoms with van der Waals surface area (Å²) in [6.45, 7) is 1.89. The van der Waals surface area contributed by atoms with Crippen molar-refractivity contribution in [3.63, 3.8) is 0 Å². The van der Waals surface area contributed by atoms with Crippen molar-refractivity contribution in [3.05, 3.63) is 94.6 Å². The van der Waals surface area contributed by atoms with Gasteiger partial charge in [0.15, 0.2) is 11.5 Å². The summed E-state index contributed by atoms with van der Waals surface area (Å²) in [6.07, 6.45) is 0. The summed E-state index contributed by atoms with van der Waals surface area (Å²) in [5.41, 5.74) is 1.84. The number of anilines is 1. The lowest BCUT2D eigenvalue weighted by molar-refractivity contribution is -0.132. The van der Waals surface area contributed by atoms with Crippen LogP contribution in [-0.4, -0.2) is 42.1 Å². The number of amides is 1. The van der Waals surface area contributed by atoms with Crippen LogP contribution >= 0.6 is 0 Å². The third-order valence-corrected chi connectivity index (χ3v) is 5.86. The number of benzene rings is 3. The molecule has 3 aromatic rings. The summed E-state index contributed by atoms with van der Waals surface area (Å²) in [7, 11) is 2.94. The molecule has 1 fully saturated rings. The zero-order chi connectivity index (χ0) is 25.3. The number of aliphatic hydroxyl groups excluding tert-OH is 1. The number of aromatic carboxylic acids is 1. The lowest BCUT2D eigenvalue weighted by Gasteiger charge is -2.26. The smallest absolute Gasteiger partial charge is 0.335 e. The van der Waals surface area contributed by atoms with Crippen molar-refractivity contribution < 1.29 is 34.1 Å². The molecule has 0 saturated carbocycles. The first-order valence-electron chi connectivity index (χ1n) is 10.7. The van der Waals surface area contributed by atoms with Gasteiger partial charge in [0.1, 0.15) is 5.76 Å². The number of aliphatic hydroxyl groups is 1. The van der Waals surface area contributed by atoms with Crippen molar-refractivity contribution in [2.45, 2.75) is 13.0 Å². The Kier molecular flexibility index (Phi) is 6.29. The fraction of sp³-hybridized carbons (Fsp3) is 0.148.